The number of aromatic nitrogens is 1. The SMILES string of the molecule is Cc1[nH]c2ccc(CNC(=O)C=Cc3ccccc3[N+](=O)[O-])cc2c1C. The van der Waals surface area contributed by atoms with Crippen molar-refractivity contribution in [2.75, 3.05) is 0 Å². The highest BCUT2D eigenvalue weighted by molar-refractivity contribution is 5.92. The van der Waals surface area contributed by atoms with Crippen molar-refractivity contribution in [3.8, 4) is 0 Å². The van der Waals surface area contributed by atoms with Gasteiger partial charge in [-0.1, -0.05) is 18.2 Å². The maximum absolute atomic E-state index is 12.0. The number of nitro benzene ring substituents is 1. The molecule has 3 rings (SSSR count). The second kappa shape index (κ2) is 7.23. The normalized spacial score (nSPS) is 11.2. The van der Waals surface area contributed by atoms with Gasteiger partial charge in [0, 0.05) is 35.3 Å². The molecule has 0 unspecified atom stereocenters. The third-order valence-electron chi connectivity index (χ3n) is 4.39. The summed E-state index contributed by atoms with van der Waals surface area (Å²) in [4.78, 5) is 25.9. The van der Waals surface area contributed by atoms with E-state index in [1.54, 1.807) is 18.2 Å². The molecule has 1 heterocycles. The van der Waals surface area contributed by atoms with Crippen LogP contribution in [-0.4, -0.2) is 15.8 Å². The van der Waals surface area contributed by atoms with Crippen molar-refractivity contribution >= 4 is 28.6 Å². The first-order valence-corrected chi connectivity index (χ1v) is 8.23. The van der Waals surface area contributed by atoms with Gasteiger partial charge in [0.25, 0.3) is 5.69 Å². The number of carbonyl (C=O) groups excluding carboxylic acids is 1. The molecule has 0 saturated heterocycles. The molecule has 3 aromatic rings. The van der Waals surface area contributed by atoms with Crippen LogP contribution in [0.2, 0.25) is 0 Å². The fraction of sp³-hybridized carbons (Fsp3) is 0.150. The average Bonchev–Trinajstić information content (AvgIpc) is 2.92. The van der Waals surface area contributed by atoms with Gasteiger partial charge in [-0.25, -0.2) is 0 Å². The van der Waals surface area contributed by atoms with E-state index in [0.717, 1.165) is 22.2 Å². The molecule has 0 radical (unpaired) electrons. The Balaban J connectivity index is 1.68. The third-order valence-corrected chi connectivity index (χ3v) is 4.39. The Morgan fingerprint density at radius 1 is 1.23 bits per heavy atom. The molecule has 0 atom stereocenters. The van der Waals surface area contributed by atoms with Crippen LogP contribution in [0.4, 0.5) is 5.69 Å². The highest BCUT2D eigenvalue weighted by Crippen LogP contribution is 2.22. The number of H-pyrrole nitrogens is 1. The van der Waals surface area contributed by atoms with Gasteiger partial charge in [-0.2, -0.15) is 0 Å². The number of aryl methyl sites for hydroxylation is 2. The van der Waals surface area contributed by atoms with Gasteiger partial charge < -0.3 is 10.3 Å². The molecule has 0 aliphatic carbocycles. The van der Waals surface area contributed by atoms with Gasteiger partial charge in [0.15, 0.2) is 0 Å². The van der Waals surface area contributed by atoms with Crippen molar-refractivity contribution < 1.29 is 9.72 Å². The lowest BCUT2D eigenvalue weighted by Gasteiger charge is -2.04. The lowest BCUT2D eigenvalue weighted by molar-refractivity contribution is -0.385. The third kappa shape index (κ3) is 3.64. The summed E-state index contributed by atoms with van der Waals surface area (Å²) in [7, 11) is 0. The highest BCUT2D eigenvalue weighted by atomic mass is 16.6. The van der Waals surface area contributed by atoms with Crippen LogP contribution < -0.4 is 5.32 Å². The monoisotopic (exact) mass is 349 g/mol. The Hall–Kier alpha value is -3.41. The van der Waals surface area contributed by atoms with Crippen molar-refractivity contribution in [3.05, 3.63) is 81.0 Å². The van der Waals surface area contributed by atoms with E-state index in [1.165, 1.54) is 23.8 Å². The number of aromatic amines is 1. The van der Waals surface area contributed by atoms with Crippen molar-refractivity contribution in [1.29, 1.82) is 0 Å². The van der Waals surface area contributed by atoms with Crippen LogP contribution in [0.1, 0.15) is 22.4 Å². The quantitative estimate of drug-likeness (QED) is 0.414. The van der Waals surface area contributed by atoms with Gasteiger partial charge in [-0.3, -0.25) is 14.9 Å². The van der Waals surface area contributed by atoms with Crippen molar-refractivity contribution in [1.82, 2.24) is 10.3 Å². The van der Waals surface area contributed by atoms with Gasteiger partial charge >= 0.3 is 0 Å². The predicted octanol–water partition coefficient (Wildman–Crippen LogP) is 4.02. The first-order chi connectivity index (χ1) is 12.5. The second-order valence-corrected chi connectivity index (χ2v) is 6.12. The molecular formula is C20H19N3O3. The number of amides is 1. The van der Waals surface area contributed by atoms with Crippen LogP contribution in [-0.2, 0) is 11.3 Å². The number of hydrogen-bond donors (Lipinski definition) is 2. The number of carbonyl (C=O) groups is 1. The molecule has 0 bridgehead atoms. The van der Waals surface area contributed by atoms with E-state index in [0.29, 0.717) is 12.1 Å². The molecule has 26 heavy (non-hydrogen) atoms. The summed E-state index contributed by atoms with van der Waals surface area (Å²) in [6, 6.07) is 12.3. The number of fused-ring (bicyclic) bond motifs is 1. The minimum Gasteiger partial charge on any atom is -0.358 e. The van der Waals surface area contributed by atoms with Gasteiger partial charge in [0.2, 0.25) is 5.91 Å². The summed E-state index contributed by atoms with van der Waals surface area (Å²) in [5.74, 6) is -0.301. The van der Waals surface area contributed by atoms with Gasteiger partial charge in [-0.05, 0) is 49.2 Å². The van der Waals surface area contributed by atoms with E-state index in [-0.39, 0.29) is 11.6 Å². The number of nitro groups is 1. The zero-order chi connectivity index (χ0) is 18.7. The Morgan fingerprint density at radius 2 is 2.00 bits per heavy atom. The van der Waals surface area contributed by atoms with Crippen LogP contribution in [0.25, 0.3) is 17.0 Å². The van der Waals surface area contributed by atoms with Crippen molar-refractivity contribution in [2.45, 2.75) is 20.4 Å². The number of benzene rings is 2. The smallest absolute Gasteiger partial charge is 0.276 e. The summed E-state index contributed by atoms with van der Waals surface area (Å²) in [6.07, 6.45) is 2.77. The summed E-state index contributed by atoms with van der Waals surface area (Å²) in [5, 5.41) is 14.9. The van der Waals surface area contributed by atoms with E-state index >= 15 is 0 Å². The van der Waals surface area contributed by atoms with Gasteiger partial charge in [0.1, 0.15) is 0 Å². The van der Waals surface area contributed by atoms with Crippen molar-refractivity contribution in [3.63, 3.8) is 0 Å². The first-order valence-electron chi connectivity index (χ1n) is 8.23. The fourth-order valence-electron chi connectivity index (χ4n) is 2.83. The molecule has 1 amide bonds. The first kappa shape index (κ1) is 17.4. The predicted molar refractivity (Wildman–Crippen MR) is 102 cm³/mol. The Labute approximate surface area is 150 Å². The molecule has 0 spiro atoms. The van der Waals surface area contributed by atoms with E-state index in [1.807, 2.05) is 19.1 Å². The van der Waals surface area contributed by atoms with E-state index in [2.05, 4.69) is 23.3 Å². The number of rotatable bonds is 5. The maximum Gasteiger partial charge on any atom is 0.276 e. The Morgan fingerprint density at radius 3 is 2.77 bits per heavy atom. The molecule has 2 N–H and O–H groups in total. The van der Waals surface area contributed by atoms with E-state index < -0.39 is 4.92 Å². The molecule has 0 aliphatic rings. The standard InChI is InChI=1S/C20H19N3O3/c1-13-14(2)22-18-9-7-15(11-17(13)18)12-21-20(24)10-8-16-5-3-4-6-19(16)23(25)26/h3-11,22H,12H2,1-2H3,(H,21,24). The number of para-hydroxylation sites is 1. The largest absolute Gasteiger partial charge is 0.358 e. The number of nitrogens with zero attached hydrogens (tertiary/aromatic N) is 1. The second-order valence-electron chi connectivity index (χ2n) is 6.12. The lowest BCUT2D eigenvalue weighted by Crippen LogP contribution is -2.20. The lowest BCUT2D eigenvalue weighted by atomic mass is 10.1. The molecule has 0 aliphatic heterocycles. The number of hydrogen-bond acceptors (Lipinski definition) is 3. The molecule has 2 aromatic carbocycles. The fourth-order valence-corrected chi connectivity index (χ4v) is 2.83. The topological polar surface area (TPSA) is 88.0 Å². The van der Waals surface area contributed by atoms with E-state index in [9.17, 15) is 14.9 Å². The van der Waals surface area contributed by atoms with Crippen LogP contribution in [0, 0.1) is 24.0 Å². The number of nitrogens with one attached hydrogen (secondary N) is 2. The minimum atomic E-state index is -0.464. The molecule has 0 fully saturated rings. The zero-order valence-corrected chi connectivity index (χ0v) is 14.6. The highest BCUT2D eigenvalue weighted by Gasteiger charge is 2.10. The maximum atomic E-state index is 12.0. The minimum absolute atomic E-state index is 0.0275. The summed E-state index contributed by atoms with van der Waals surface area (Å²) in [6.45, 7) is 4.48. The van der Waals surface area contributed by atoms with Crippen LogP contribution in [0.15, 0.2) is 48.5 Å². The zero-order valence-electron chi connectivity index (χ0n) is 14.6. The average molecular weight is 349 g/mol. The van der Waals surface area contributed by atoms with Crippen molar-refractivity contribution in [2.24, 2.45) is 0 Å². The molecule has 6 nitrogen and oxygen atoms in total. The Kier molecular flexibility index (Phi) is 4.84. The van der Waals surface area contributed by atoms with E-state index in [4.69, 9.17) is 0 Å². The van der Waals surface area contributed by atoms with Crippen LogP contribution >= 0.6 is 0 Å². The van der Waals surface area contributed by atoms with Gasteiger partial charge in [0.05, 0.1) is 10.5 Å². The van der Waals surface area contributed by atoms with Gasteiger partial charge in [-0.15, -0.1) is 0 Å². The summed E-state index contributed by atoms with van der Waals surface area (Å²) < 4.78 is 0. The molecular weight excluding hydrogens is 330 g/mol. The molecule has 6 heteroatoms. The Bertz CT molecular complexity index is 1020. The summed E-state index contributed by atoms with van der Waals surface area (Å²) in [5.41, 5.74) is 4.77. The van der Waals surface area contributed by atoms with Crippen LogP contribution in [0.3, 0.4) is 0 Å². The van der Waals surface area contributed by atoms with Crippen LogP contribution in [0.5, 0.6) is 0 Å². The molecule has 0 saturated carbocycles. The summed E-state index contributed by atoms with van der Waals surface area (Å²) >= 11 is 0. The molecule has 132 valence electrons. The molecule has 1 aromatic heterocycles.